The maximum atomic E-state index is 13.5. The van der Waals surface area contributed by atoms with Gasteiger partial charge in [-0.3, -0.25) is 0 Å². The van der Waals surface area contributed by atoms with Crippen LogP contribution in [0.3, 0.4) is 0 Å². The maximum absolute atomic E-state index is 13.5. The van der Waals surface area contributed by atoms with Crippen molar-refractivity contribution in [3.05, 3.63) is 35.4 Å². The Hall–Kier alpha value is -1.00. The number of ether oxygens (including phenoxy) is 1. The zero-order chi connectivity index (χ0) is 11.6. The van der Waals surface area contributed by atoms with Gasteiger partial charge in [0.1, 0.15) is 11.6 Å². The lowest BCUT2D eigenvalue weighted by Gasteiger charge is -2.25. The lowest BCUT2D eigenvalue weighted by molar-refractivity contribution is 0.154. The van der Waals surface area contributed by atoms with Crippen LogP contribution in [0, 0.1) is 17.0 Å². The number of benzene rings is 1. The van der Waals surface area contributed by atoms with Crippen LogP contribution >= 0.6 is 0 Å². The van der Waals surface area contributed by atoms with Gasteiger partial charge in [-0.25, -0.2) is 8.78 Å². The van der Waals surface area contributed by atoms with Gasteiger partial charge in [-0.2, -0.15) is 0 Å². The summed E-state index contributed by atoms with van der Waals surface area (Å²) in [5, 5.41) is 0. The lowest BCUT2D eigenvalue weighted by Crippen LogP contribution is -2.33. The van der Waals surface area contributed by atoms with Crippen LogP contribution in [0.4, 0.5) is 8.78 Å². The molecule has 88 valence electrons. The monoisotopic (exact) mass is 227 g/mol. The van der Waals surface area contributed by atoms with Gasteiger partial charge in [0.05, 0.1) is 6.61 Å². The molecule has 1 aromatic rings. The molecule has 0 amide bonds. The Morgan fingerprint density at radius 2 is 2.19 bits per heavy atom. The fourth-order valence-electron chi connectivity index (χ4n) is 2.09. The van der Waals surface area contributed by atoms with Crippen LogP contribution in [0.15, 0.2) is 18.2 Å². The Labute approximate surface area is 93.4 Å². The van der Waals surface area contributed by atoms with E-state index in [0.29, 0.717) is 31.7 Å². The molecular formula is C12H15F2NO. The Morgan fingerprint density at radius 3 is 2.75 bits per heavy atom. The van der Waals surface area contributed by atoms with Gasteiger partial charge in [0.15, 0.2) is 0 Å². The molecule has 1 aliphatic heterocycles. The van der Waals surface area contributed by atoms with E-state index in [9.17, 15) is 8.78 Å². The molecule has 16 heavy (non-hydrogen) atoms. The van der Waals surface area contributed by atoms with Crippen LogP contribution in [0.1, 0.15) is 12.0 Å². The fraction of sp³-hybridized carbons (Fsp3) is 0.500. The summed E-state index contributed by atoms with van der Waals surface area (Å²) in [5.41, 5.74) is 6.05. The summed E-state index contributed by atoms with van der Waals surface area (Å²) in [7, 11) is 0. The van der Waals surface area contributed by atoms with Gasteiger partial charge >= 0.3 is 0 Å². The molecule has 4 heteroatoms. The molecule has 0 saturated carbocycles. The van der Waals surface area contributed by atoms with Crippen molar-refractivity contribution in [2.24, 2.45) is 11.1 Å². The summed E-state index contributed by atoms with van der Waals surface area (Å²) < 4.78 is 31.5. The van der Waals surface area contributed by atoms with Gasteiger partial charge in [0.2, 0.25) is 0 Å². The SMILES string of the molecule is NCC1(Cc2ccc(F)cc2F)CCOC1. The Bertz CT molecular complexity index is 375. The van der Waals surface area contributed by atoms with Crippen LogP contribution in [0.5, 0.6) is 0 Å². The molecule has 1 heterocycles. The second-order valence-corrected chi connectivity index (χ2v) is 4.42. The molecule has 1 atom stereocenters. The Balaban J connectivity index is 2.19. The fourth-order valence-corrected chi connectivity index (χ4v) is 2.09. The standard InChI is InChI=1S/C12H15F2NO/c13-10-2-1-9(11(14)5-10)6-12(7-15)3-4-16-8-12/h1-2,5H,3-4,6-8,15H2. The predicted octanol–water partition coefficient (Wildman–Crippen LogP) is 1.87. The number of hydrogen-bond donors (Lipinski definition) is 1. The summed E-state index contributed by atoms with van der Waals surface area (Å²) in [6.45, 7) is 1.68. The first-order valence-corrected chi connectivity index (χ1v) is 5.37. The van der Waals surface area contributed by atoms with Gasteiger partial charge in [0.25, 0.3) is 0 Å². The van der Waals surface area contributed by atoms with Crippen LogP contribution in [-0.4, -0.2) is 19.8 Å². The molecule has 1 unspecified atom stereocenters. The zero-order valence-electron chi connectivity index (χ0n) is 9.01. The van der Waals surface area contributed by atoms with E-state index in [1.165, 1.54) is 12.1 Å². The number of halogens is 2. The van der Waals surface area contributed by atoms with E-state index in [0.717, 1.165) is 12.5 Å². The third-order valence-electron chi connectivity index (χ3n) is 3.20. The lowest BCUT2D eigenvalue weighted by atomic mass is 9.81. The molecule has 0 aliphatic carbocycles. The molecule has 1 aliphatic rings. The van der Waals surface area contributed by atoms with Gasteiger partial charge in [-0.15, -0.1) is 0 Å². The first kappa shape index (κ1) is 11.5. The van der Waals surface area contributed by atoms with Crippen molar-refractivity contribution in [2.45, 2.75) is 12.8 Å². The Morgan fingerprint density at radius 1 is 1.38 bits per heavy atom. The third kappa shape index (κ3) is 2.23. The summed E-state index contributed by atoms with van der Waals surface area (Å²) in [6, 6.07) is 3.67. The van der Waals surface area contributed by atoms with Crippen molar-refractivity contribution in [3.8, 4) is 0 Å². The zero-order valence-corrected chi connectivity index (χ0v) is 9.01. The molecule has 0 bridgehead atoms. The highest BCUT2D eigenvalue weighted by Gasteiger charge is 2.34. The van der Waals surface area contributed by atoms with E-state index in [1.807, 2.05) is 0 Å². The van der Waals surface area contributed by atoms with E-state index < -0.39 is 11.6 Å². The van der Waals surface area contributed by atoms with Crippen LogP contribution in [0.25, 0.3) is 0 Å². The highest BCUT2D eigenvalue weighted by molar-refractivity contribution is 5.20. The molecule has 1 aromatic carbocycles. The van der Waals surface area contributed by atoms with Crippen molar-refractivity contribution in [1.29, 1.82) is 0 Å². The van der Waals surface area contributed by atoms with E-state index in [4.69, 9.17) is 10.5 Å². The highest BCUT2D eigenvalue weighted by atomic mass is 19.1. The predicted molar refractivity (Wildman–Crippen MR) is 57.0 cm³/mol. The van der Waals surface area contributed by atoms with Gasteiger partial charge in [-0.1, -0.05) is 6.07 Å². The second kappa shape index (κ2) is 4.47. The molecule has 0 radical (unpaired) electrons. The average Bonchev–Trinajstić information content (AvgIpc) is 2.72. The second-order valence-electron chi connectivity index (χ2n) is 4.42. The van der Waals surface area contributed by atoms with Gasteiger partial charge < -0.3 is 10.5 Å². The van der Waals surface area contributed by atoms with Crippen molar-refractivity contribution < 1.29 is 13.5 Å². The number of hydrogen-bond acceptors (Lipinski definition) is 2. The van der Waals surface area contributed by atoms with E-state index in [-0.39, 0.29) is 5.41 Å². The Kier molecular flexibility index (Phi) is 3.21. The molecule has 2 N–H and O–H groups in total. The van der Waals surface area contributed by atoms with Crippen LogP contribution < -0.4 is 5.73 Å². The molecule has 1 saturated heterocycles. The minimum atomic E-state index is -0.550. The quantitative estimate of drug-likeness (QED) is 0.855. The first-order valence-electron chi connectivity index (χ1n) is 5.37. The maximum Gasteiger partial charge on any atom is 0.129 e. The molecular weight excluding hydrogens is 212 g/mol. The van der Waals surface area contributed by atoms with Crippen molar-refractivity contribution in [2.75, 3.05) is 19.8 Å². The van der Waals surface area contributed by atoms with Gasteiger partial charge in [0, 0.05) is 24.6 Å². The van der Waals surface area contributed by atoms with Crippen LogP contribution in [0.2, 0.25) is 0 Å². The van der Waals surface area contributed by atoms with Crippen LogP contribution in [-0.2, 0) is 11.2 Å². The summed E-state index contributed by atoms with van der Waals surface area (Å²) in [6.07, 6.45) is 1.34. The first-order chi connectivity index (χ1) is 7.65. The minimum absolute atomic E-state index is 0.182. The van der Waals surface area contributed by atoms with E-state index >= 15 is 0 Å². The normalized spacial score (nSPS) is 24.9. The van der Waals surface area contributed by atoms with E-state index in [1.54, 1.807) is 0 Å². The molecule has 2 rings (SSSR count). The van der Waals surface area contributed by atoms with Crippen molar-refractivity contribution in [1.82, 2.24) is 0 Å². The topological polar surface area (TPSA) is 35.2 Å². The van der Waals surface area contributed by atoms with E-state index in [2.05, 4.69) is 0 Å². The third-order valence-corrected chi connectivity index (χ3v) is 3.20. The van der Waals surface area contributed by atoms with Gasteiger partial charge in [-0.05, 0) is 24.5 Å². The largest absolute Gasteiger partial charge is 0.381 e. The molecule has 0 aromatic heterocycles. The molecule has 0 spiro atoms. The van der Waals surface area contributed by atoms with Crippen molar-refractivity contribution >= 4 is 0 Å². The molecule has 1 fully saturated rings. The molecule has 2 nitrogen and oxygen atoms in total. The average molecular weight is 227 g/mol. The number of nitrogens with two attached hydrogens (primary N) is 1. The summed E-state index contributed by atoms with van der Waals surface area (Å²) >= 11 is 0. The summed E-state index contributed by atoms with van der Waals surface area (Å²) in [5.74, 6) is -1.05. The summed E-state index contributed by atoms with van der Waals surface area (Å²) in [4.78, 5) is 0. The minimum Gasteiger partial charge on any atom is -0.381 e. The highest BCUT2D eigenvalue weighted by Crippen LogP contribution is 2.32. The van der Waals surface area contributed by atoms with Crippen molar-refractivity contribution in [3.63, 3.8) is 0 Å². The smallest absolute Gasteiger partial charge is 0.129 e. The number of rotatable bonds is 3.